The highest BCUT2D eigenvalue weighted by Gasteiger charge is 2.16. The third-order valence-corrected chi connectivity index (χ3v) is 5.46. The van der Waals surface area contributed by atoms with Gasteiger partial charge in [-0.3, -0.25) is 14.6 Å². The van der Waals surface area contributed by atoms with Crippen LogP contribution in [0, 0.1) is 0 Å². The highest BCUT2D eigenvalue weighted by atomic mass is 15.3. The molecule has 5 heterocycles. The third kappa shape index (κ3) is 3.79. The largest absolute Gasteiger partial charge is 0.384 e. The number of piperidine rings is 1. The summed E-state index contributed by atoms with van der Waals surface area (Å²) in [4.78, 5) is 13.3. The molecule has 30 heavy (non-hydrogen) atoms. The molecule has 1 aliphatic rings. The molecule has 1 fully saturated rings. The van der Waals surface area contributed by atoms with E-state index in [0.717, 1.165) is 59.6 Å². The molecule has 7 nitrogen and oxygen atoms in total. The van der Waals surface area contributed by atoms with Gasteiger partial charge in [0.1, 0.15) is 5.82 Å². The van der Waals surface area contributed by atoms with Crippen LogP contribution in [0.25, 0.3) is 33.6 Å². The monoisotopic (exact) mass is 397 g/mol. The number of pyridine rings is 3. The van der Waals surface area contributed by atoms with E-state index in [1.807, 2.05) is 48.9 Å². The molecule has 4 aromatic heterocycles. The molecule has 0 radical (unpaired) electrons. The van der Waals surface area contributed by atoms with E-state index < -0.39 is 0 Å². The first-order valence-corrected chi connectivity index (χ1v) is 10.2. The highest BCUT2D eigenvalue weighted by molar-refractivity contribution is 5.75. The molecule has 0 amide bonds. The molecule has 0 bridgehead atoms. The Labute approximate surface area is 175 Å². The van der Waals surface area contributed by atoms with Gasteiger partial charge in [-0.15, -0.1) is 0 Å². The lowest BCUT2D eigenvalue weighted by atomic mass is 10.0. The number of nitrogen functional groups attached to an aromatic ring is 1. The summed E-state index contributed by atoms with van der Waals surface area (Å²) in [6.45, 7) is 2.08. The molecule has 7 heteroatoms. The molecule has 0 aromatic carbocycles. The van der Waals surface area contributed by atoms with E-state index in [-0.39, 0.29) is 0 Å². The van der Waals surface area contributed by atoms with Crippen LogP contribution in [0.4, 0.5) is 5.82 Å². The van der Waals surface area contributed by atoms with Gasteiger partial charge >= 0.3 is 0 Å². The van der Waals surface area contributed by atoms with Gasteiger partial charge in [0.25, 0.3) is 0 Å². The molecular formula is C23H23N7. The molecule has 0 atom stereocenters. The first kappa shape index (κ1) is 18.4. The van der Waals surface area contributed by atoms with Gasteiger partial charge in [0.2, 0.25) is 0 Å². The molecule has 150 valence electrons. The Balaban J connectivity index is 1.47. The summed E-state index contributed by atoms with van der Waals surface area (Å²) in [7, 11) is 0. The summed E-state index contributed by atoms with van der Waals surface area (Å²) < 4.78 is 2.09. The van der Waals surface area contributed by atoms with Crippen molar-refractivity contribution in [3.63, 3.8) is 0 Å². The van der Waals surface area contributed by atoms with Gasteiger partial charge < -0.3 is 11.1 Å². The van der Waals surface area contributed by atoms with E-state index in [2.05, 4.69) is 42.3 Å². The van der Waals surface area contributed by atoms with Crippen molar-refractivity contribution >= 4 is 5.82 Å². The zero-order chi connectivity index (χ0) is 20.3. The Morgan fingerprint density at radius 3 is 2.53 bits per heavy atom. The number of hydrogen-bond donors (Lipinski definition) is 2. The summed E-state index contributed by atoms with van der Waals surface area (Å²) in [5.41, 5.74) is 11.7. The Kier molecular flexibility index (Phi) is 4.94. The molecule has 0 spiro atoms. The van der Waals surface area contributed by atoms with Crippen molar-refractivity contribution in [3.05, 3.63) is 67.4 Å². The van der Waals surface area contributed by atoms with Crippen LogP contribution in [-0.4, -0.2) is 37.8 Å². The lowest BCUT2D eigenvalue weighted by molar-refractivity contribution is 0.343. The van der Waals surface area contributed by atoms with Gasteiger partial charge in [-0.25, -0.2) is 4.98 Å². The summed E-state index contributed by atoms with van der Waals surface area (Å²) in [5.74, 6) is 0.456. The van der Waals surface area contributed by atoms with Crippen molar-refractivity contribution in [2.24, 2.45) is 0 Å². The fourth-order valence-electron chi connectivity index (χ4n) is 3.88. The third-order valence-electron chi connectivity index (χ3n) is 5.46. The average molecular weight is 397 g/mol. The predicted molar refractivity (Wildman–Crippen MR) is 117 cm³/mol. The first-order valence-electron chi connectivity index (χ1n) is 10.2. The lowest BCUT2D eigenvalue weighted by Gasteiger charge is -2.22. The molecule has 1 aliphatic heterocycles. The van der Waals surface area contributed by atoms with Gasteiger partial charge in [-0.2, -0.15) is 5.10 Å². The Morgan fingerprint density at radius 1 is 0.900 bits per heavy atom. The lowest BCUT2D eigenvalue weighted by Crippen LogP contribution is -2.29. The van der Waals surface area contributed by atoms with Crippen LogP contribution < -0.4 is 11.1 Å². The van der Waals surface area contributed by atoms with Gasteiger partial charge in [-0.05, 0) is 61.8 Å². The quantitative estimate of drug-likeness (QED) is 0.547. The number of nitrogens with two attached hydrogens (primary N) is 1. The van der Waals surface area contributed by atoms with Gasteiger partial charge in [0, 0.05) is 41.5 Å². The number of hydrogen-bond acceptors (Lipinski definition) is 6. The summed E-state index contributed by atoms with van der Waals surface area (Å²) in [6.07, 6.45) is 11.7. The van der Waals surface area contributed by atoms with Crippen molar-refractivity contribution in [2.45, 2.75) is 18.9 Å². The van der Waals surface area contributed by atoms with Crippen LogP contribution in [-0.2, 0) is 0 Å². The maximum absolute atomic E-state index is 6.09. The zero-order valence-electron chi connectivity index (χ0n) is 16.6. The van der Waals surface area contributed by atoms with Crippen LogP contribution in [0.3, 0.4) is 0 Å². The summed E-state index contributed by atoms with van der Waals surface area (Å²) in [5, 5.41) is 8.01. The van der Waals surface area contributed by atoms with E-state index >= 15 is 0 Å². The Morgan fingerprint density at radius 2 is 1.73 bits per heavy atom. The van der Waals surface area contributed by atoms with E-state index in [1.54, 1.807) is 6.20 Å². The second-order valence-corrected chi connectivity index (χ2v) is 7.53. The van der Waals surface area contributed by atoms with Crippen molar-refractivity contribution < 1.29 is 0 Å². The van der Waals surface area contributed by atoms with Crippen molar-refractivity contribution in [1.29, 1.82) is 0 Å². The van der Waals surface area contributed by atoms with E-state index in [0.29, 0.717) is 11.9 Å². The van der Waals surface area contributed by atoms with Crippen molar-refractivity contribution in [2.75, 3.05) is 18.8 Å². The maximum atomic E-state index is 6.09. The predicted octanol–water partition coefficient (Wildman–Crippen LogP) is 3.58. The number of aromatic nitrogens is 5. The topological polar surface area (TPSA) is 94.5 Å². The Hall–Kier alpha value is -3.58. The van der Waals surface area contributed by atoms with Crippen LogP contribution in [0.1, 0.15) is 18.9 Å². The van der Waals surface area contributed by atoms with E-state index in [9.17, 15) is 0 Å². The smallest absolute Gasteiger partial charge is 0.124 e. The van der Waals surface area contributed by atoms with Crippen molar-refractivity contribution in [1.82, 2.24) is 30.0 Å². The normalized spacial score (nSPS) is 14.7. The minimum absolute atomic E-state index is 0.456. The standard InChI is InChI=1S/C23H23N7/c24-23-11-16(10-22(29-23)21-3-1-2-6-27-21)17-9-18(13-26-12-17)19-14-28-30(15-19)20-4-7-25-8-5-20/h1-3,6,9-15,20,25H,4-5,7-8H2,(H2,24,29). The van der Waals surface area contributed by atoms with E-state index in [1.165, 1.54) is 0 Å². The summed E-state index contributed by atoms with van der Waals surface area (Å²) >= 11 is 0. The molecule has 4 aromatic rings. The number of nitrogens with zero attached hydrogens (tertiary/aromatic N) is 5. The molecule has 3 N–H and O–H groups in total. The average Bonchev–Trinajstić information content (AvgIpc) is 3.30. The van der Waals surface area contributed by atoms with Gasteiger partial charge in [-0.1, -0.05) is 6.07 Å². The molecule has 0 unspecified atom stereocenters. The molecular weight excluding hydrogens is 374 g/mol. The fourth-order valence-corrected chi connectivity index (χ4v) is 3.88. The zero-order valence-corrected chi connectivity index (χ0v) is 16.6. The van der Waals surface area contributed by atoms with Crippen LogP contribution in [0.5, 0.6) is 0 Å². The van der Waals surface area contributed by atoms with Crippen LogP contribution in [0.15, 0.2) is 67.4 Å². The number of nitrogens with one attached hydrogen (secondary N) is 1. The second kappa shape index (κ2) is 8.04. The van der Waals surface area contributed by atoms with Gasteiger partial charge in [0.05, 0.1) is 23.6 Å². The number of rotatable bonds is 4. The highest BCUT2D eigenvalue weighted by Crippen LogP contribution is 2.29. The maximum Gasteiger partial charge on any atom is 0.124 e. The fraction of sp³-hybridized carbons (Fsp3) is 0.217. The van der Waals surface area contributed by atoms with Crippen LogP contribution in [0.2, 0.25) is 0 Å². The minimum atomic E-state index is 0.456. The summed E-state index contributed by atoms with van der Waals surface area (Å²) in [6, 6.07) is 12.2. The van der Waals surface area contributed by atoms with Crippen LogP contribution >= 0.6 is 0 Å². The molecule has 1 saturated heterocycles. The van der Waals surface area contributed by atoms with E-state index in [4.69, 9.17) is 5.73 Å². The SMILES string of the molecule is Nc1cc(-c2cncc(-c3cnn(C4CCNCC4)c3)c2)cc(-c2ccccn2)n1. The minimum Gasteiger partial charge on any atom is -0.384 e. The molecule has 0 aliphatic carbocycles. The van der Waals surface area contributed by atoms with Gasteiger partial charge in [0.15, 0.2) is 0 Å². The molecule has 0 saturated carbocycles. The number of anilines is 1. The van der Waals surface area contributed by atoms with Crippen molar-refractivity contribution in [3.8, 4) is 33.6 Å². The first-order chi connectivity index (χ1) is 14.8. The second-order valence-electron chi connectivity index (χ2n) is 7.53. The molecule has 5 rings (SSSR count). The Bertz CT molecular complexity index is 1150.